The number of hydrogen-bond donors (Lipinski definition) is 3. The van der Waals surface area contributed by atoms with Crippen LogP contribution in [0.15, 0.2) is 24.3 Å². The summed E-state index contributed by atoms with van der Waals surface area (Å²) in [6.07, 6.45) is 0.871. The topological polar surface area (TPSA) is 84.2 Å². The van der Waals surface area contributed by atoms with Crippen LogP contribution in [0, 0.1) is 5.92 Å². The first-order valence-electron chi connectivity index (χ1n) is 6.90. The zero-order chi connectivity index (χ0) is 14.7. The number of carbonyl (C=O) groups is 2. The van der Waals surface area contributed by atoms with Gasteiger partial charge in [-0.3, -0.25) is 9.59 Å². The molecule has 1 heterocycles. The molecule has 5 heteroatoms. The van der Waals surface area contributed by atoms with E-state index in [1.807, 2.05) is 31.2 Å². The van der Waals surface area contributed by atoms with Crippen LogP contribution >= 0.6 is 0 Å². The fourth-order valence-corrected chi connectivity index (χ4v) is 2.62. The summed E-state index contributed by atoms with van der Waals surface area (Å²) in [5.74, 6) is -0.577. The molecule has 0 bridgehead atoms. The standard InChI is InChI=1S/C15H21N3O2/c1-9(7-14(16)19)17-15(20)12-8-11-5-3-4-6-13(11)18-10(12)2/h3-6,9-10,12,18H,7-8H2,1-2H3,(H2,16,19)(H,17,20). The van der Waals surface area contributed by atoms with Crippen molar-refractivity contribution in [3.8, 4) is 0 Å². The molecule has 2 rings (SSSR count). The highest BCUT2D eigenvalue weighted by molar-refractivity contribution is 5.82. The van der Waals surface area contributed by atoms with Crippen molar-refractivity contribution in [3.63, 3.8) is 0 Å². The van der Waals surface area contributed by atoms with Crippen LogP contribution < -0.4 is 16.4 Å². The van der Waals surface area contributed by atoms with Gasteiger partial charge in [-0.25, -0.2) is 0 Å². The Hall–Kier alpha value is -2.04. The van der Waals surface area contributed by atoms with Crippen molar-refractivity contribution in [3.05, 3.63) is 29.8 Å². The molecule has 3 atom stereocenters. The molecule has 0 aromatic heterocycles. The maximum Gasteiger partial charge on any atom is 0.225 e. The minimum atomic E-state index is -0.405. The third-order valence-corrected chi connectivity index (χ3v) is 3.68. The molecule has 0 aliphatic carbocycles. The largest absolute Gasteiger partial charge is 0.382 e. The van der Waals surface area contributed by atoms with Gasteiger partial charge in [-0.15, -0.1) is 0 Å². The molecule has 2 amide bonds. The number of nitrogens with two attached hydrogens (primary N) is 1. The lowest BCUT2D eigenvalue weighted by Gasteiger charge is -2.32. The van der Waals surface area contributed by atoms with Gasteiger partial charge in [-0.05, 0) is 31.9 Å². The lowest BCUT2D eigenvalue weighted by Crippen LogP contribution is -2.46. The molecule has 20 heavy (non-hydrogen) atoms. The minimum Gasteiger partial charge on any atom is -0.382 e. The number of fused-ring (bicyclic) bond motifs is 1. The number of amides is 2. The molecule has 1 aliphatic heterocycles. The first kappa shape index (κ1) is 14.4. The monoisotopic (exact) mass is 275 g/mol. The van der Waals surface area contributed by atoms with Crippen molar-refractivity contribution in [2.24, 2.45) is 11.7 Å². The number of nitrogens with one attached hydrogen (secondary N) is 2. The van der Waals surface area contributed by atoms with Crippen molar-refractivity contribution in [1.29, 1.82) is 0 Å². The van der Waals surface area contributed by atoms with Crippen LogP contribution in [0.3, 0.4) is 0 Å². The van der Waals surface area contributed by atoms with Gasteiger partial charge in [0.25, 0.3) is 0 Å². The number of primary amides is 1. The van der Waals surface area contributed by atoms with Gasteiger partial charge >= 0.3 is 0 Å². The fourth-order valence-electron chi connectivity index (χ4n) is 2.62. The Bertz CT molecular complexity index is 516. The van der Waals surface area contributed by atoms with Crippen molar-refractivity contribution >= 4 is 17.5 Å². The number of anilines is 1. The van der Waals surface area contributed by atoms with E-state index in [1.165, 1.54) is 0 Å². The van der Waals surface area contributed by atoms with Gasteiger partial charge in [0.2, 0.25) is 11.8 Å². The Morgan fingerprint density at radius 2 is 2.15 bits per heavy atom. The summed E-state index contributed by atoms with van der Waals surface area (Å²) in [5.41, 5.74) is 7.37. The quantitative estimate of drug-likeness (QED) is 0.767. The number of rotatable bonds is 4. The summed E-state index contributed by atoms with van der Waals surface area (Å²) in [5, 5.41) is 6.21. The maximum absolute atomic E-state index is 12.3. The average Bonchev–Trinajstić information content (AvgIpc) is 2.36. The van der Waals surface area contributed by atoms with Crippen LogP contribution in [-0.4, -0.2) is 23.9 Å². The van der Waals surface area contributed by atoms with E-state index in [0.717, 1.165) is 11.3 Å². The maximum atomic E-state index is 12.3. The normalized spacial score (nSPS) is 22.3. The first-order chi connectivity index (χ1) is 9.47. The van der Waals surface area contributed by atoms with E-state index in [-0.39, 0.29) is 30.3 Å². The van der Waals surface area contributed by atoms with Gasteiger partial charge < -0.3 is 16.4 Å². The Morgan fingerprint density at radius 1 is 1.45 bits per heavy atom. The highest BCUT2D eigenvalue weighted by Gasteiger charge is 2.30. The van der Waals surface area contributed by atoms with Crippen LogP contribution in [0.2, 0.25) is 0 Å². The molecular formula is C15H21N3O2. The molecular weight excluding hydrogens is 254 g/mol. The zero-order valence-corrected chi connectivity index (χ0v) is 11.8. The Labute approximate surface area is 118 Å². The molecule has 4 N–H and O–H groups in total. The Morgan fingerprint density at radius 3 is 2.85 bits per heavy atom. The highest BCUT2D eigenvalue weighted by Crippen LogP contribution is 2.28. The number of carbonyl (C=O) groups excluding carboxylic acids is 2. The van der Waals surface area contributed by atoms with Gasteiger partial charge in [0.15, 0.2) is 0 Å². The lowest BCUT2D eigenvalue weighted by atomic mass is 9.87. The summed E-state index contributed by atoms with van der Waals surface area (Å²) >= 11 is 0. The van der Waals surface area contributed by atoms with Gasteiger partial charge in [0, 0.05) is 24.2 Å². The molecule has 0 spiro atoms. The summed E-state index contributed by atoms with van der Waals surface area (Å²) in [7, 11) is 0. The molecule has 0 saturated heterocycles. The van der Waals surface area contributed by atoms with E-state index >= 15 is 0 Å². The number of para-hydroxylation sites is 1. The highest BCUT2D eigenvalue weighted by atomic mass is 16.2. The van der Waals surface area contributed by atoms with Crippen LogP contribution in [0.5, 0.6) is 0 Å². The Balaban J connectivity index is 2.02. The number of benzene rings is 1. The molecule has 0 radical (unpaired) electrons. The van der Waals surface area contributed by atoms with E-state index in [1.54, 1.807) is 6.92 Å². The van der Waals surface area contributed by atoms with Crippen molar-refractivity contribution in [1.82, 2.24) is 5.32 Å². The predicted molar refractivity (Wildman–Crippen MR) is 78.1 cm³/mol. The second-order valence-electron chi connectivity index (χ2n) is 5.48. The van der Waals surface area contributed by atoms with Crippen LogP contribution in [0.4, 0.5) is 5.69 Å². The first-order valence-corrected chi connectivity index (χ1v) is 6.90. The number of hydrogen-bond acceptors (Lipinski definition) is 3. The van der Waals surface area contributed by atoms with Gasteiger partial charge in [-0.1, -0.05) is 18.2 Å². The molecule has 1 aromatic rings. The predicted octanol–water partition coefficient (Wildman–Crippen LogP) is 1.04. The summed E-state index contributed by atoms with van der Waals surface area (Å²) in [6, 6.07) is 7.83. The van der Waals surface area contributed by atoms with Crippen LogP contribution in [-0.2, 0) is 16.0 Å². The third kappa shape index (κ3) is 3.29. The SMILES string of the molecule is CC(CC(N)=O)NC(=O)C1Cc2ccccc2NC1C. The van der Waals surface area contributed by atoms with Crippen molar-refractivity contribution < 1.29 is 9.59 Å². The minimum absolute atomic E-state index is 0.0340. The summed E-state index contributed by atoms with van der Waals surface area (Å²) in [6.45, 7) is 3.79. The second kappa shape index (κ2) is 5.94. The zero-order valence-electron chi connectivity index (χ0n) is 11.8. The Kier molecular flexibility index (Phi) is 4.27. The molecule has 1 aromatic carbocycles. The van der Waals surface area contributed by atoms with E-state index in [9.17, 15) is 9.59 Å². The molecule has 3 unspecified atom stereocenters. The van der Waals surface area contributed by atoms with Crippen LogP contribution in [0.25, 0.3) is 0 Å². The van der Waals surface area contributed by atoms with E-state index < -0.39 is 5.91 Å². The van der Waals surface area contributed by atoms with Gasteiger partial charge in [-0.2, -0.15) is 0 Å². The van der Waals surface area contributed by atoms with Crippen LogP contribution in [0.1, 0.15) is 25.8 Å². The molecule has 108 valence electrons. The third-order valence-electron chi connectivity index (χ3n) is 3.68. The van der Waals surface area contributed by atoms with E-state index in [4.69, 9.17) is 5.73 Å². The summed E-state index contributed by atoms with van der Waals surface area (Å²) < 4.78 is 0. The van der Waals surface area contributed by atoms with Crippen molar-refractivity contribution in [2.45, 2.75) is 38.8 Å². The van der Waals surface area contributed by atoms with E-state index in [2.05, 4.69) is 10.6 Å². The van der Waals surface area contributed by atoms with E-state index in [0.29, 0.717) is 6.42 Å². The summed E-state index contributed by atoms with van der Waals surface area (Å²) in [4.78, 5) is 23.2. The van der Waals surface area contributed by atoms with Gasteiger partial charge in [0.1, 0.15) is 0 Å². The average molecular weight is 275 g/mol. The molecule has 5 nitrogen and oxygen atoms in total. The molecule has 1 aliphatic rings. The molecule has 0 saturated carbocycles. The van der Waals surface area contributed by atoms with Gasteiger partial charge in [0.05, 0.1) is 5.92 Å². The lowest BCUT2D eigenvalue weighted by molar-refractivity contribution is -0.126. The molecule has 0 fully saturated rings. The van der Waals surface area contributed by atoms with Crippen molar-refractivity contribution in [2.75, 3.05) is 5.32 Å². The second-order valence-corrected chi connectivity index (χ2v) is 5.48. The fraction of sp³-hybridized carbons (Fsp3) is 0.467. The smallest absolute Gasteiger partial charge is 0.225 e.